The maximum absolute atomic E-state index is 5.63. The smallest absolute Gasteiger partial charge is 0.136 e. The van der Waals surface area contributed by atoms with Crippen molar-refractivity contribution in [2.75, 3.05) is 18.1 Å². The zero-order valence-electron chi connectivity index (χ0n) is 9.78. The van der Waals surface area contributed by atoms with Gasteiger partial charge in [-0.25, -0.2) is 4.98 Å². The normalized spacial score (nSPS) is 11.2. The fourth-order valence-electron chi connectivity index (χ4n) is 1.11. The molecule has 1 aromatic heterocycles. The van der Waals surface area contributed by atoms with Crippen molar-refractivity contribution in [2.24, 2.45) is 5.73 Å². The summed E-state index contributed by atoms with van der Waals surface area (Å²) in [6.45, 7) is 5.17. The van der Waals surface area contributed by atoms with Crippen LogP contribution in [0.3, 0.4) is 0 Å². The third kappa shape index (κ3) is 3.64. The fraction of sp³-hybridized carbons (Fsp3) is 0.455. The SMILES string of the molecule is CSC(C)(C)CNc1ncccc1C(N)=S. The van der Waals surface area contributed by atoms with Crippen molar-refractivity contribution in [1.29, 1.82) is 0 Å². The summed E-state index contributed by atoms with van der Waals surface area (Å²) in [5.74, 6) is 0.761. The van der Waals surface area contributed by atoms with Crippen molar-refractivity contribution >= 4 is 34.8 Å². The lowest BCUT2D eigenvalue weighted by Gasteiger charge is -2.23. The van der Waals surface area contributed by atoms with E-state index in [1.54, 1.807) is 18.0 Å². The number of rotatable bonds is 5. The second kappa shape index (κ2) is 5.50. The Morgan fingerprint density at radius 1 is 1.62 bits per heavy atom. The van der Waals surface area contributed by atoms with Gasteiger partial charge in [-0.2, -0.15) is 11.8 Å². The van der Waals surface area contributed by atoms with Crippen molar-refractivity contribution in [2.45, 2.75) is 18.6 Å². The maximum atomic E-state index is 5.63. The number of anilines is 1. The highest BCUT2D eigenvalue weighted by Crippen LogP contribution is 2.22. The van der Waals surface area contributed by atoms with Crippen molar-refractivity contribution in [3.8, 4) is 0 Å². The van der Waals surface area contributed by atoms with Crippen LogP contribution < -0.4 is 11.1 Å². The Kier molecular flexibility index (Phi) is 4.56. The molecule has 0 radical (unpaired) electrons. The van der Waals surface area contributed by atoms with Crippen molar-refractivity contribution < 1.29 is 0 Å². The molecule has 0 bridgehead atoms. The van der Waals surface area contributed by atoms with E-state index in [-0.39, 0.29) is 4.75 Å². The van der Waals surface area contributed by atoms with Crippen LogP contribution in [0, 0.1) is 0 Å². The van der Waals surface area contributed by atoms with Crippen LogP contribution in [-0.4, -0.2) is 27.5 Å². The van der Waals surface area contributed by atoms with Crippen LogP contribution in [-0.2, 0) is 0 Å². The molecule has 0 aliphatic rings. The molecule has 0 aliphatic carbocycles. The Morgan fingerprint density at radius 2 is 2.31 bits per heavy atom. The molecule has 16 heavy (non-hydrogen) atoms. The summed E-state index contributed by atoms with van der Waals surface area (Å²) >= 11 is 6.78. The van der Waals surface area contributed by atoms with Crippen LogP contribution in [0.5, 0.6) is 0 Å². The number of thioether (sulfide) groups is 1. The molecule has 0 amide bonds. The average molecular weight is 255 g/mol. The molecule has 88 valence electrons. The Labute approximate surface area is 106 Å². The van der Waals surface area contributed by atoms with Gasteiger partial charge in [-0.05, 0) is 32.2 Å². The standard InChI is InChI=1S/C11H17N3S2/c1-11(2,16-3)7-14-10-8(9(12)15)5-4-6-13-10/h4-6H,7H2,1-3H3,(H2,12,15)(H,13,14). The molecule has 1 aromatic rings. The fourth-order valence-corrected chi connectivity index (χ4v) is 1.49. The average Bonchev–Trinajstić information content (AvgIpc) is 2.27. The Hall–Kier alpha value is -0.810. The summed E-state index contributed by atoms with van der Waals surface area (Å²) in [7, 11) is 0. The van der Waals surface area contributed by atoms with E-state index in [9.17, 15) is 0 Å². The van der Waals surface area contributed by atoms with Crippen LogP contribution in [0.15, 0.2) is 18.3 Å². The zero-order valence-corrected chi connectivity index (χ0v) is 11.4. The van der Waals surface area contributed by atoms with E-state index in [0.717, 1.165) is 17.9 Å². The number of hydrogen-bond acceptors (Lipinski definition) is 4. The summed E-state index contributed by atoms with van der Waals surface area (Å²) in [4.78, 5) is 4.62. The van der Waals surface area contributed by atoms with E-state index in [1.807, 2.05) is 12.1 Å². The molecule has 3 nitrogen and oxygen atoms in total. The first-order valence-corrected chi connectivity index (χ1v) is 6.63. The second-order valence-electron chi connectivity index (χ2n) is 4.08. The molecule has 5 heteroatoms. The van der Waals surface area contributed by atoms with Gasteiger partial charge in [0.15, 0.2) is 0 Å². The van der Waals surface area contributed by atoms with E-state index >= 15 is 0 Å². The number of nitrogens with two attached hydrogens (primary N) is 1. The lowest BCUT2D eigenvalue weighted by atomic mass is 10.2. The minimum Gasteiger partial charge on any atom is -0.389 e. The molecule has 0 spiro atoms. The predicted molar refractivity (Wildman–Crippen MR) is 76.2 cm³/mol. The van der Waals surface area contributed by atoms with Gasteiger partial charge in [0, 0.05) is 17.5 Å². The molecule has 1 rings (SSSR count). The molecular formula is C11H17N3S2. The molecule has 0 saturated carbocycles. The van der Waals surface area contributed by atoms with Gasteiger partial charge in [0.05, 0.1) is 5.56 Å². The molecule has 0 atom stereocenters. The number of hydrogen-bond donors (Lipinski definition) is 2. The predicted octanol–water partition coefficient (Wildman–Crippen LogP) is 2.27. The molecule has 0 unspecified atom stereocenters. The van der Waals surface area contributed by atoms with Crippen LogP contribution in [0.25, 0.3) is 0 Å². The van der Waals surface area contributed by atoms with Gasteiger partial charge < -0.3 is 11.1 Å². The van der Waals surface area contributed by atoms with Crippen LogP contribution in [0.1, 0.15) is 19.4 Å². The number of thiocarbonyl (C=S) groups is 1. The van der Waals surface area contributed by atoms with Gasteiger partial charge in [0.1, 0.15) is 10.8 Å². The second-order valence-corrected chi connectivity index (χ2v) is 6.03. The summed E-state index contributed by atoms with van der Waals surface area (Å²) < 4.78 is 0.158. The number of pyridine rings is 1. The Morgan fingerprint density at radius 3 is 2.88 bits per heavy atom. The van der Waals surface area contributed by atoms with Gasteiger partial charge in [0.2, 0.25) is 0 Å². The van der Waals surface area contributed by atoms with E-state index < -0.39 is 0 Å². The van der Waals surface area contributed by atoms with Gasteiger partial charge in [-0.15, -0.1) is 0 Å². The van der Waals surface area contributed by atoms with E-state index in [4.69, 9.17) is 18.0 Å². The maximum Gasteiger partial charge on any atom is 0.136 e. The van der Waals surface area contributed by atoms with Gasteiger partial charge in [-0.3, -0.25) is 0 Å². The third-order valence-electron chi connectivity index (χ3n) is 2.31. The van der Waals surface area contributed by atoms with Crippen LogP contribution in [0.2, 0.25) is 0 Å². The molecule has 3 N–H and O–H groups in total. The number of aromatic nitrogens is 1. The largest absolute Gasteiger partial charge is 0.389 e. The Balaban J connectivity index is 2.78. The molecule has 0 fully saturated rings. The monoisotopic (exact) mass is 255 g/mol. The van der Waals surface area contributed by atoms with Crippen LogP contribution in [0.4, 0.5) is 5.82 Å². The summed E-state index contributed by atoms with van der Waals surface area (Å²) in [5, 5.41) is 3.29. The van der Waals surface area contributed by atoms with Crippen molar-refractivity contribution in [3.63, 3.8) is 0 Å². The highest BCUT2D eigenvalue weighted by molar-refractivity contribution is 7.99. The van der Waals surface area contributed by atoms with Gasteiger partial charge in [-0.1, -0.05) is 12.2 Å². The first-order chi connectivity index (χ1) is 7.46. The van der Waals surface area contributed by atoms with Crippen molar-refractivity contribution in [3.05, 3.63) is 23.9 Å². The summed E-state index contributed by atoms with van der Waals surface area (Å²) in [6.07, 6.45) is 3.82. The molecule has 1 heterocycles. The zero-order chi connectivity index (χ0) is 12.2. The third-order valence-corrected chi connectivity index (χ3v) is 3.78. The van der Waals surface area contributed by atoms with Gasteiger partial charge in [0.25, 0.3) is 0 Å². The Bertz CT molecular complexity index is 377. The molecule has 0 aromatic carbocycles. The summed E-state index contributed by atoms with van der Waals surface area (Å²) in [6, 6.07) is 3.71. The van der Waals surface area contributed by atoms with Crippen LogP contribution >= 0.6 is 24.0 Å². The quantitative estimate of drug-likeness (QED) is 0.791. The number of nitrogens with zero attached hydrogens (tertiary/aromatic N) is 1. The van der Waals surface area contributed by atoms with E-state index in [0.29, 0.717) is 4.99 Å². The minimum atomic E-state index is 0.158. The highest BCUT2D eigenvalue weighted by atomic mass is 32.2. The summed E-state index contributed by atoms with van der Waals surface area (Å²) in [5.41, 5.74) is 6.43. The first kappa shape index (κ1) is 13.3. The van der Waals surface area contributed by atoms with Gasteiger partial charge >= 0.3 is 0 Å². The lowest BCUT2D eigenvalue weighted by Crippen LogP contribution is -2.27. The number of nitrogens with one attached hydrogen (secondary N) is 1. The molecule has 0 saturated heterocycles. The van der Waals surface area contributed by atoms with E-state index in [2.05, 4.69) is 30.4 Å². The minimum absolute atomic E-state index is 0.158. The highest BCUT2D eigenvalue weighted by Gasteiger charge is 2.16. The van der Waals surface area contributed by atoms with E-state index in [1.165, 1.54) is 0 Å². The van der Waals surface area contributed by atoms with Crippen molar-refractivity contribution in [1.82, 2.24) is 4.98 Å². The topological polar surface area (TPSA) is 50.9 Å². The molecule has 0 aliphatic heterocycles. The first-order valence-electron chi connectivity index (χ1n) is 5.00. The molecular weight excluding hydrogens is 238 g/mol. The lowest BCUT2D eigenvalue weighted by molar-refractivity contribution is 0.750.